The molecule has 2 aliphatic rings. The Balaban J connectivity index is 1.90. The van der Waals surface area contributed by atoms with Gasteiger partial charge in [0.05, 0.1) is 6.10 Å². The fourth-order valence-corrected chi connectivity index (χ4v) is 2.86. The van der Waals surface area contributed by atoms with Gasteiger partial charge in [-0.15, -0.1) is 0 Å². The Morgan fingerprint density at radius 3 is 2.40 bits per heavy atom. The Bertz CT molecular complexity index is 201. The second kappa shape index (κ2) is 4.84. The molecule has 15 heavy (non-hydrogen) atoms. The highest BCUT2D eigenvalue weighted by molar-refractivity contribution is 4.91. The largest absolute Gasteiger partial charge is 0.393 e. The van der Waals surface area contributed by atoms with Gasteiger partial charge >= 0.3 is 0 Å². The van der Waals surface area contributed by atoms with Crippen molar-refractivity contribution in [2.24, 2.45) is 5.92 Å². The van der Waals surface area contributed by atoms with Crippen molar-refractivity contribution < 1.29 is 5.11 Å². The topological polar surface area (TPSA) is 23.5 Å². The molecule has 0 saturated heterocycles. The van der Waals surface area contributed by atoms with E-state index in [0.717, 1.165) is 24.8 Å². The maximum absolute atomic E-state index is 9.74. The average Bonchev–Trinajstić information content (AvgIpc) is 2.97. The Morgan fingerprint density at radius 2 is 1.87 bits per heavy atom. The minimum atomic E-state index is -0.0304. The van der Waals surface area contributed by atoms with Gasteiger partial charge in [0, 0.05) is 18.6 Å². The van der Waals surface area contributed by atoms with Crippen molar-refractivity contribution in [1.82, 2.24) is 4.90 Å². The van der Waals surface area contributed by atoms with Crippen molar-refractivity contribution in [2.75, 3.05) is 6.54 Å². The highest BCUT2D eigenvalue weighted by Crippen LogP contribution is 2.34. The van der Waals surface area contributed by atoms with Crippen LogP contribution in [0.4, 0.5) is 0 Å². The number of hydrogen-bond donors (Lipinski definition) is 1. The molecule has 2 heteroatoms. The zero-order chi connectivity index (χ0) is 10.8. The zero-order valence-electron chi connectivity index (χ0n) is 10.2. The lowest BCUT2D eigenvalue weighted by Crippen LogP contribution is -2.43. The summed E-state index contributed by atoms with van der Waals surface area (Å²) in [6.07, 6.45) is 7.31. The first-order chi connectivity index (χ1) is 7.16. The van der Waals surface area contributed by atoms with E-state index in [0.29, 0.717) is 6.04 Å². The first kappa shape index (κ1) is 11.4. The van der Waals surface area contributed by atoms with Crippen LogP contribution in [0.5, 0.6) is 0 Å². The highest BCUT2D eigenvalue weighted by Gasteiger charge is 2.35. The summed E-state index contributed by atoms with van der Waals surface area (Å²) in [7, 11) is 0. The second-order valence-electron chi connectivity index (χ2n) is 5.80. The van der Waals surface area contributed by atoms with Crippen molar-refractivity contribution in [3.63, 3.8) is 0 Å². The third-order valence-electron chi connectivity index (χ3n) is 3.68. The van der Waals surface area contributed by atoms with E-state index < -0.39 is 0 Å². The van der Waals surface area contributed by atoms with E-state index in [1.54, 1.807) is 0 Å². The van der Waals surface area contributed by atoms with Gasteiger partial charge in [-0.3, -0.25) is 4.90 Å². The van der Waals surface area contributed by atoms with E-state index in [9.17, 15) is 5.11 Å². The predicted molar refractivity (Wildman–Crippen MR) is 62.8 cm³/mol. The smallest absolute Gasteiger partial charge is 0.0555 e. The van der Waals surface area contributed by atoms with Gasteiger partial charge in [0.2, 0.25) is 0 Å². The summed E-state index contributed by atoms with van der Waals surface area (Å²) in [6.45, 7) is 5.82. The number of hydrogen-bond acceptors (Lipinski definition) is 2. The van der Waals surface area contributed by atoms with E-state index in [2.05, 4.69) is 18.7 Å². The summed E-state index contributed by atoms with van der Waals surface area (Å²) in [5.74, 6) is 0.754. The van der Waals surface area contributed by atoms with Gasteiger partial charge in [0.1, 0.15) is 0 Å². The molecule has 2 rings (SSSR count). The van der Waals surface area contributed by atoms with E-state index in [1.165, 1.54) is 32.2 Å². The molecule has 0 amide bonds. The number of aliphatic hydroxyl groups excluding tert-OH is 1. The van der Waals surface area contributed by atoms with Crippen LogP contribution in [0.2, 0.25) is 0 Å². The molecule has 0 spiro atoms. The molecule has 2 atom stereocenters. The normalized spacial score (nSPS) is 32.6. The second-order valence-corrected chi connectivity index (χ2v) is 5.80. The third-order valence-corrected chi connectivity index (χ3v) is 3.68. The molecule has 0 aliphatic heterocycles. The van der Waals surface area contributed by atoms with Crippen LogP contribution in [0, 0.1) is 5.92 Å². The maximum Gasteiger partial charge on any atom is 0.0555 e. The quantitative estimate of drug-likeness (QED) is 0.772. The molecule has 2 fully saturated rings. The SMILES string of the molecule is CC(C)CN(C1CC1)C1CCCC(O)C1. The summed E-state index contributed by atoms with van der Waals surface area (Å²) in [6, 6.07) is 1.52. The predicted octanol–water partition coefficient (Wildman–Crippen LogP) is 2.41. The molecule has 2 aliphatic carbocycles. The first-order valence-electron chi connectivity index (χ1n) is 6.60. The van der Waals surface area contributed by atoms with E-state index in [-0.39, 0.29) is 6.10 Å². The lowest BCUT2D eigenvalue weighted by atomic mass is 9.91. The van der Waals surface area contributed by atoms with Crippen molar-refractivity contribution in [1.29, 1.82) is 0 Å². The van der Waals surface area contributed by atoms with Crippen LogP contribution in [-0.4, -0.2) is 34.7 Å². The van der Waals surface area contributed by atoms with Crippen LogP contribution in [0.1, 0.15) is 52.4 Å². The van der Waals surface area contributed by atoms with Crippen molar-refractivity contribution >= 4 is 0 Å². The molecule has 0 aromatic carbocycles. The van der Waals surface area contributed by atoms with Crippen LogP contribution in [0.25, 0.3) is 0 Å². The molecule has 2 nitrogen and oxygen atoms in total. The molecule has 2 saturated carbocycles. The molecular formula is C13H25NO. The fourth-order valence-electron chi connectivity index (χ4n) is 2.86. The van der Waals surface area contributed by atoms with Crippen LogP contribution in [0.3, 0.4) is 0 Å². The molecule has 2 unspecified atom stereocenters. The Labute approximate surface area is 93.7 Å². The minimum Gasteiger partial charge on any atom is -0.393 e. The maximum atomic E-state index is 9.74. The van der Waals surface area contributed by atoms with E-state index in [1.807, 2.05) is 0 Å². The van der Waals surface area contributed by atoms with Crippen molar-refractivity contribution in [3.05, 3.63) is 0 Å². The Morgan fingerprint density at radius 1 is 1.13 bits per heavy atom. The highest BCUT2D eigenvalue weighted by atomic mass is 16.3. The van der Waals surface area contributed by atoms with Gasteiger partial charge in [0.25, 0.3) is 0 Å². The van der Waals surface area contributed by atoms with E-state index >= 15 is 0 Å². The van der Waals surface area contributed by atoms with Crippen LogP contribution in [-0.2, 0) is 0 Å². The van der Waals surface area contributed by atoms with Crippen LogP contribution in [0.15, 0.2) is 0 Å². The summed E-state index contributed by atoms with van der Waals surface area (Å²) >= 11 is 0. The lowest BCUT2D eigenvalue weighted by molar-refractivity contribution is 0.0523. The fraction of sp³-hybridized carbons (Fsp3) is 1.00. The van der Waals surface area contributed by atoms with Gasteiger partial charge in [-0.1, -0.05) is 13.8 Å². The molecule has 0 bridgehead atoms. The minimum absolute atomic E-state index is 0.0304. The lowest BCUT2D eigenvalue weighted by Gasteiger charge is -2.37. The summed E-state index contributed by atoms with van der Waals surface area (Å²) < 4.78 is 0. The molecule has 0 aromatic rings. The average molecular weight is 211 g/mol. The van der Waals surface area contributed by atoms with Crippen LogP contribution < -0.4 is 0 Å². The monoisotopic (exact) mass is 211 g/mol. The zero-order valence-corrected chi connectivity index (χ0v) is 10.2. The first-order valence-corrected chi connectivity index (χ1v) is 6.60. The summed E-state index contributed by atoms with van der Waals surface area (Å²) in [5, 5.41) is 9.74. The van der Waals surface area contributed by atoms with Gasteiger partial charge in [0.15, 0.2) is 0 Å². The summed E-state index contributed by atoms with van der Waals surface area (Å²) in [5.41, 5.74) is 0. The Kier molecular flexibility index (Phi) is 3.68. The van der Waals surface area contributed by atoms with Crippen molar-refractivity contribution in [3.8, 4) is 0 Å². The Hall–Kier alpha value is -0.0800. The standard InChI is InChI=1S/C13H25NO/c1-10(2)9-14(11-6-7-11)12-4-3-5-13(15)8-12/h10-13,15H,3-9H2,1-2H3. The van der Waals surface area contributed by atoms with Gasteiger partial charge in [-0.25, -0.2) is 0 Å². The van der Waals surface area contributed by atoms with Crippen molar-refractivity contribution in [2.45, 2.75) is 70.6 Å². The third kappa shape index (κ3) is 3.18. The molecule has 0 aromatic heterocycles. The number of rotatable bonds is 4. The molecule has 88 valence electrons. The summed E-state index contributed by atoms with van der Waals surface area (Å²) in [4.78, 5) is 2.69. The molecule has 0 heterocycles. The number of aliphatic hydroxyl groups is 1. The van der Waals surface area contributed by atoms with E-state index in [4.69, 9.17) is 0 Å². The molecular weight excluding hydrogens is 186 g/mol. The number of nitrogens with zero attached hydrogens (tertiary/aromatic N) is 1. The van der Waals surface area contributed by atoms with Gasteiger partial charge in [-0.2, -0.15) is 0 Å². The molecule has 0 radical (unpaired) electrons. The van der Waals surface area contributed by atoms with Gasteiger partial charge in [-0.05, 0) is 44.4 Å². The van der Waals surface area contributed by atoms with Gasteiger partial charge < -0.3 is 5.11 Å². The van der Waals surface area contributed by atoms with Crippen LogP contribution >= 0.6 is 0 Å². The molecule has 1 N–H and O–H groups in total.